The molecule has 1 saturated heterocycles. The van der Waals surface area contributed by atoms with Gasteiger partial charge in [0.25, 0.3) is 6.47 Å². The summed E-state index contributed by atoms with van der Waals surface area (Å²) in [6.45, 7) is 10.6. The normalized spacial score (nSPS) is 14.1. The highest BCUT2D eigenvalue weighted by molar-refractivity contribution is 9.10. The first-order valence-corrected chi connectivity index (χ1v) is 11.5. The molecule has 1 aliphatic heterocycles. The molecule has 7 nitrogen and oxygen atoms in total. The highest BCUT2D eigenvalue weighted by Crippen LogP contribution is 2.33. The van der Waals surface area contributed by atoms with Crippen molar-refractivity contribution < 1.29 is 24.5 Å². The zero-order chi connectivity index (χ0) is 24.6. The molecule has 0 amide bonds. The van der Waals surface area contributed by atoms with Crippen LogP contribution in [0.1, 0.15) is 60.7 Å². The van der Waals surface area contributed by atoms with Crippen LogP contribution in [0.3, 0.4) is 0 Å². The van der Waals surface area contributed by atoms with Crippen LogP contribution >= 0.6 is 15.9 Å². The lowest BCUT2D eigenvalue weighted by atomic mass is 10.1. The molecule has 0 saturated carbocycles. The number of aromatic carboxylic acids is 1. The Bertz CT molecular complexity index is 1010. The van der Waals surface area contributed by atoms with Gasteiger partial charge in [-0.3, -0.25) is 14.7 Å². The molecule has 2 aromatic rings. The van der Waals surface area contributed by atoms with Crippen LogP contribution in [0.2, 0.25) is 0 Å². The van der Waals surface area contributed by atoms with Crippen molar-refractivity contribution in [3.63, 3.8) is 0 Å². The van der Waals surface area contributed by atoms with E-state index in [-0.39, 0.29) is 22.6 Å². The molecule has 33 heavy (non-hydrogen) atoms. The molecule has 178 valence electrons. The van der Waals surface area contributed by atoms with Crippen LogP contribution in [0.15, 0.2) is 39.8 Å². The van der Waals surface area contributed by atoms with Gasteiger partial charge in [0, 0.05) is 17.2 Å². The van der Waals surface area contributed by atoms with Gasteiger partial charge in [-0.05, 0) is 88.5 Å². The third kappa shape index (κ3) is 8.29. The summed E-state index contributed by atoms with van der Waals surface area (Å²) in [5, 5.41) is 19.7. The number of aromatic hydroxyl groups is 1. The third-order valence-corrected chi connectivity index (χ3v) is 5.90. The summed E-state index contributed by atoms with van der Waals surface area (Å²) in [6, 6.07) is 9.09. The molecule has 0 unspecified atom stereocenters. The van der Waals surface area contributed by atoms with E-state index < -0.39 is 5.97 Å². The first-order chi connectivity index (χ1) is 15.5. The molecular weight excluding hydrogens is 488 g/mol. The van der Waals surface area contributed by atoms with E-state index in [2.05, 4.69) is 30.6 Å². The smallest absolute Gasteiger partial charge is 0.339 e. The van der Waals surface area contributed by atoms with Crippen LogP contribution in [-0.2, 0) is 16.1 Å². The van der Waals surface area contributed by atoms with Gasteiger partial charge >= 0.3 is 5.97 Å². The summed E-state index contributed by atoms with van der Waals surface area (Å²) in [7, 11) is 0. The van der Waals surface area contributed by atoms with E-state index in [0.29, 0.717) is 13.0 Å². The molecule has 0 atom stereocenters. The number of carboxylic acids is 1. The second kappa shape index (κ2) is 12.0. The fourth-order valence-corrected chi connectivity index (χ4v) is 3.66. The minimum atomic E-state index is -1.15. The SMILES string of the molecule is CC(C)(C)OC=O.Cc1c(Br)cccc1C=Nc1cc(CN2CCCC2)cc(C(=O)O)c1O. The fourth-order valence-electron chi connectivity index (χ4n) is 3.28. The van der Waals surface area contributed by atoms with Gasteiger partial charge in [0.05, 0.1) is 0 Å². The molecule has 0 aromatic heterocycles. The number of carbonyl (C=O) groups is 2. The van der Waals surface area contributed by atoms with Crippen LogP contribution in [0.4, 0.5) is 5.69 Å². The van der Waals surface area contributed by atoms with Gasteiger partial charge in [0.1, 0.15) is 16.9 Å². The minimum Gasteiger partial charge on any atom is -0.505 e. The number of carbonyl (C=O) groups excluding carboxylic acids is 1. The standard InChI is InChI=1S/C20H21BrN2O3.C5H10O2/c1-13-15(5-4-6-17(13)21)11-22-18-10-14(12-23-7-2-3-8-23)9-16(19(18)24)20(25)26;1-5(2,3)7-4-6/h4-6,9-11,24H,2-3,7-8,12H2,1H3,(H,25,26);4H,1-3H3. The molecule has 2 N–H and O–H groups in total. The van der Waals surface area contributed by atoms with Crippen molar-refractivity contribution in [2.45, 2.75) is 52.7 Å². The third-order valence-electron chi connectivity index (χ3n) is 5.04. The highest BCUT2D eigenvalue weighted by Gasteiger charge is 2.18. The summed E-state index contributed by atoms with van der Waals surface area (Å²) in [5.41, 5.74) is 2.63. The Hall–Kier alpha value is -2.71. The van der Waals surface area contributed by atoms with Crippen molar-refractivity contribution in [2.24, 2.45) is 4.99 Å². The predicted molar refractivity (Wildman–Crippen MR) is 133 cm³/mol. The molecule has 0 radical (unpaired) electrons. The molecule has 0 aliphatic carbocycles. The number of carboxylic acid groups (broad SMARTS) is 1. The summed E-state index contributed by atoms with van der Waals surface area (Å²) in [6.07, 6.45) is 3.98. The monoisotopic (exact) mass is 518 g/mol. The van der Waals surface area contributed by atoms with Crippen LogP contribution in [0, 0.1) is 6.92 Å². The Balaban J connectivity index is 0.000000479. The first kappa shape index (κ1) is 26.5. The molecule has 0 bridgehead atoms. The van der Waals surface area contributed by atoms with Crippen molar-refractivity contribution in [3.05, 3.63) is 57.1 Å². The molecular formula is C25H31BrN2O5. The van der Waals surface area contributed by atoms with Crippen molar-refractivity contribution >= 4 is 40.3 Å². The number of ether oxygens (including phenoxy) is 1. The van der Waals surface area contributed by atoms with E-state index >= 15 is 0 Å². The number of nitrogens with zero attached hydrogens (tertiary/aromatic N) is 2. The second-order valence-electron chi connectivity index (χ2n) is 8.84. The van der Waals surface area contributed by atoms with E-state index in [0.717, 1.165) is 47.1 Å². The fraction of sp³-hybridized carbons (Fsp3) is 0.400. The van der Waals surface area contributed by atoms with E-state index in [1.807, 2.05) is 45.9 Å². The topological polar surface area (TPSA) is 99.4 Å². The second-order valence-corrected chi connectivity index (χ2v) is 9.69. The van der Waals surface area contributed by atoms with E-state index in [1.165, 1.54) is 0 Å². The number of rotatable bonds is 6. The van der Waals surface area contributed by atoms with E-state index in [1.54, 1.807) is 18.3 Å². The average molecular weight is 519 g/mol. The van der Waals surface area contributed by atoms with Crippen molar-refractivity contribution in [1.82, 2.24) is 4.90 Å². The number of benzene rings is 2. The molecule has 1 heterocycles. The maximum Gasteiger partial charge on any atom is 0.339 e. The molecule has 8 heteroatoms. The van der Waals surface area contributed by atoms with Gasteiger partial charge in [0.2, 0.25) is 0 Å². The number of hydrogen-bond donors (Lipinski definition) is 2. The number of halogens is 1. The molecule has 1 fully saturated rings. The van der Waals surface area contributed by atoms with Crippen LogP contribution in [0.5, 0.6) is 5.75 Å². The Morgan fingerprint density at radius 2 is 1.91 bits per heavy atom. The number of phenols is 1. The predicted octanol–water partition coefficient (Wildman–Crippen LogP) is 5.47. The van der Waals surface area contributed by atoms with Crippen LogP contribution in [-0.4, -0.2) is 52.5 Å². The molecule has 2 aromatic carbocycles. The van der Waals surface area contributed by atoms with E-state index in [9.17, 15) is 19.8 Å². The van der Waals surface area contributed by atoms with Gasteiger partial charge < -0.3 is 14.9 Å². The maximum atomic E-state index is 11.5. The number of hydrogen-bond acceptors (Lipinski definition) is 6. The maximum absolute atomic E-state index is 11.5. The first-order valence-electron chi connectivity index (χ1n) is 10.7. The Labute approximate surface area is 203 Å². The molecule has 0 spiro atoms. The van der Waals surface area contributed by atoms with Crippen molar-refractivity contribution in [2.75, 3.05) is 13.1 Å². The molecule has 3 rings (SSSR count). The van der Waals surface area contributed by atoms with Crippen LogP contribution in [0.25, 0.3) is 0 Å². The quantitative estimate of drug-likeness (QED) is 0.388. The Kier molecular flexibility index (Phi) is 9.61. The van der Waals surface area contributed by atoms with E-state index in [4.69, 9.17) is 0 Å². The molecule has 1 aliphatic rings. The largest absolute Gasteiger partial charge is 0.505 e. The zero-order valence-electron chi connectivity index (χ0n) is 19.5. The lowest BCUT2D eigenvalue weighted by molar-refractivity contribution is -0.138. The average Bonchev–Trinajstić information content (AvgIpc) is 3.23. The minimum absolute atomic E-state index is 0.111. The van der Waals surface area contributed by atoms with Gasteiger partial charge in [-0.15, -0.1) is 0 Å². The lowest BCUT2D eigenvalue weighted by Gasteiger charge is -2.16. The summed E-state index contributed by atoms with van der Waals surface area (Å²) >= 11 is 3.48. The van der Waals surface area contributed by atoms with Gasteiger partial charge in [0.15, 0.2) is 5.75 Å². The zero-order valence-corrected chi connectivity index (χ0v) is 21.1. The van der Waals surface area contributed by atoms with Gasteiger partial charge in [-0.2, -0.15) is 0 Å². The summed E-state index contributed by atoms with van der Waals surface area (Å²) in [4.78, 5) is 27.8. The van der Waals surface area contributed by atoms with Gasteiger partial charge in [-0.1, -0.05) is 28.1 Å². The van der Waals surface area contributed by atoms with Crippen LogP contribution < -0.4 is 0 Å². The van der Waals surface area contributed by atoms with Crippen molar-refractivity contribution in [1.29, 1.82) is 0 Å². The Morgan fingerprint density at radius 3 is 2.45 bits per heavy atom. The number of aliphatic imine (C=N–C) groups is 1. The Morgan fingerprint density at radius 1 is 1.24 bits per heavy atom. The number of likely N-dealkylation sites (tertiary alicyclic amines) is 1. The highest BCUT2D eigenvalue weighted by atomic mass is 79.9. The van der Waals surface area contributed by atoms with Gasteiger partial charge in [-0.25, -0.2) is 4.79 Å². The summed E-state index contributed by atoms with van der Waals surface area (Å²) < 4.78 is 5.52. The van der Waals surface area contributed by atoms with Crippen molar-refractivity contribution in [3.8, 4) is 5.75 Å². The lowest BCUT2D eigenvalue weighted by Crippen LogP contribution is -2.18. The summed E-state index contributed by atoms with van der Waals surface area (Å²) in [5.74, 6) is -1.45.